The molecule has 0 amide bonds. The zero-order valence-electron chi connectivity index (χ0n) is 11.0. The minimum absolute atomic E-state index is 0.0838. The summed E-state index contributed by atoms with van der Waals surface area (Å²) in [6, 6.07) is 15.0. The lowest BCUT2D eigenvalue weighted by atomic mass is 10.1. The van der Waals surface area contributed by atoms with E-state index in [9.17, 15) is 5.11 Å². The van der Waals surface area contributed by atoms with Gasteiger partial charge >= 0.3 is 0 Å². The van der Waals surface area contributed by atoms with Crippen LogP contribution in [0, 0.1) is 0 Å². The molecule has 0 bridgehead atoms. The Morgan fingerprint density at radius 2 is 1.79 bits per heavy atom. The van der Waals surface area contributed by atoms with Gasteiger partial charge in [0.2, 0.25) is 0 Å². The van der Waals surface area contributed by atoms with Crippen LogP contribution in [0.3, 0.4) is 0 Å². The van der Waals surface area contributed by atoms with Crippen LogP contribution in [0.4, 0.5) is 0 Å². The Labute approximate surface area is 118 Å². The fourth-order valence-corrected chi connectivity index (χ4v) is 3.57. The molecule has 0 unspecified atom stereocenters. The molecule has 1 fully saturated rings. The van der Waals surface area contributed by atoms with Crippen molar-refractivity contribution in [1.29, 1.82) is 0 Å². The number of hydrogen-bond acceptors (Lipinski definition) is 3. The number of hydrogen-bond donors (Lipinski definition) is 1. The smallest absolute Gasteiger partial charge is 0.0564 e. The number of piperidine rings is 1. The van der Waals surface area contributed by atoms with Gasteiger partial charge in [0.25, 0.3) is 0 Å². The number of rotatable bonds is 3. The van der Waals surface area contributed by atoms with E-state index in [1.165, 1.54) is 15.3 Å². The highest BCUT2D eigenvalue weighted by Gasteiger charge is 2.17. The Bertz CT molecular complexity index is 515. The second-order valence-corrected chi connectivity index (χ2v) is 6.31. The fraction of sp³-hybridized carbons (Fsp3) is 0.375. The van der Waals surface area contributed by atoms with E-state index in [4.69, 9.17) is 0 Å². The molecule has 0 aliphatic carbocycles. The van der Waals surface area contributed by atoms with Crippen LogP contribution in [0.2, 0.25) is 0 Å². The van der Waals surface area contributed by atoms with Gasteiger partial charge < -0.3 is 5.11 Å². The summed E-state index contributed by atoms with van der Waals surface area (Å²) in [5.41, 5.74) is 1.30. The van der Waals surface area contributed by atoms with Gasteiger partial charge in [-0.2, -0.15) is 0 Å². The van der Waals surface area contributed by atoms with E-state index in [1.54, 1.807) is 0 Å². The quantitative estimate of drug-likeness (QED) is 0.927. The topological polar surface area (TPSA) is 23.5 Å². The third-order valence-electron chi connectivity index (χ3n) is 3.66. The first-order chi connectivity index (χ1) is 9.31. The number of thiophene rings is 1. The molecular formula is C16H19NOS. The Kier molecular flexibility index (Phi) is 3.97. The lowest BCUT2D eigenvalue weighted by Crippen LogP contribution is -2.35. The Hall–Kier alpha value is -1.16. The molecule has 2 heterocycles. The van der Waals surface area contributed by atoms with Gasteiger partial charge in [-0.15, -0.1) is 11.3 Å². The van der Waals surface area contributed by atoms with Crippen LogP contribution in [0.5, 0.6) is 0 Å². The zero-order valence-corrected chi connectivity index (χ0v) is 11.8. The molecule has 1 saturated heterocycles. The summed E-state index contributed by atoms with van der Waals surface area (Å²) < 4.78 is 0. The van der Waals surface area contributed by atoms with E-state index in [0.29, 0.717) is 0 Å². The maximum Gasteiger partial charge on any atom is 0.0564 e. The number of aliphatic hydroxyl groups is 1. The van der Waals surface area contributed by atoms with Crippen molar-refractivity contribution in [1.82, 2.24) is 4.90 Å². The molecule has 0 atom stereocenters. The molecule has 1 aliphatic rings. The summed E-state index contributed by atoms with van der Waals surface area (Å²) in [4.78, 5) is 5.19. The van der Waals surface area contributed by atoms with Crippen LogP contribution in [0.15, 0.2) is 42.5 Å². The monoisotopic (exact) mass is 273 g/mol. The SMILES string of the molecule is OC1CCN(Cc2ccc(-c3ccccc3)s2)CC1. The van der Waals surface area contributed by atoms with Gasteiger partial charge in [-0.1, -0.05) is 30.3 Å². The molecule has 1 aliphatic heterocycles. The summed E-state index contributed by atoms with van der Waals surface area (Å²) >= 11 is 1.88. The Balaban J connectivity index is 1.65. The maximum absolute atomic E-state index is 9.52. The summed E-state index contributed by atoms with van der Waals surface area (Å²) in [6.07, 6.45) is 1.74. The highest BCUT2D eigenvalue weighted by atomic mass is 32.1. The summed E-state index contributed by atoms with van der Waals surface area (Å²) in [6.45, 7) is 3.05. The highest BCUT2D eigenvalue weighted by molar-refractivity contribution is 7.15. The number of aliphatic hydroxyl groups excluding tert-OH is 1. The van der Waals surface area contributed by atoms with Gasteiger partial charge in [0.15, 0.2) is 0 Å². The first-order valence-corrected chi connectivity index (χ1v) is 7.67. The molecule has 3 heteroatoms. The molecule has 0 radical (unpaired) electrons. The zero-order chi connectivity index (χ0) is 13.1. The number of nitrogens with zero attached hydrogens (tertiary/aromatic N) is 1. The van der Waals surface area contributed by atoms with Crippen molar-refractivity contribution in [3.63, 3.8) is 0 Å². The van der Waals surface area contributed by atoms with Crippen LogP contribution < -0.4 is 0 Å². The molecule has 2 nitrogen and oxygen atoms in total. The van der Waals surface area contributed by atoms with Crippen molar-refractivity contribution in [3.8, 4) is 10.4 Å². The van der Waals surface area contributed by atoms with Crippen molar-refractivity contribution < 1.29 is 5.11 Å². The molecule has 2 aromatic rings. The second-order valence-electron chi connectivity index (χ2n) is 5.14. The predicted molar refractivity (Wildman–Crippen MR) is 80.3 cm³/mol. The predicted octanol–water partition coefficient (Wildman–Crippen LogP) is 3.37. The van der Waals surface area contributed by atoms with Gasteiger partial charge in [0.05, 0.1) is 6.10 Å². The number of benzene rings is 1. The summed E-state index contributed by atoms with van der Waals surface area (Å²) in [5.74, 6) is 0. The molecule has 19 heavy (non-hydrogen) atoms. The molecule has 100 valence electrons. The van der Waals surface area contributed by atoms with E-state index >= 15 is 0 Å². The first kappa shape index (κ1) is 12.9. The Morgan fingerprint density at radius 1 is 1.05 bits per heavy atom. The summed E-state index contributed by atoms with van der Waals surface area (Å²) in [7, 11) is 0. The van der Waals surface area contributed by atoms with Crippen LogP contribution in [0.1, 0.15) is 17.7 Å². The van der Waals surface area contributed by atoms with Crippen LogP contribution >= 0.6 is 11.3 Å². The second kappa shape index (κ2) is 5.87. The van der Waals surface area contributed by atoms with E-state index in [-0.39, 0.29) is 6.10 Å². The largest absolute Gasteiger partial charge is 0.393 e. The third-order valence-corrected chi connectivity index (χ3v) is 4.78. The van der Waals surface area contributed by atoms with Crippen molar-refractivity contribution in [2.75, 3.05) is 13.1 Å². The standard InChI is InChI=1S/C16H19NOS/c18-14-8-10-17(11-9-14)12-15-6-7-16(19-15)13-4-2-1-3-5-13/h1-7,14,18H,8-12H2. The number of likely N-dealkylation sites (tertiary alicyclic amines) is 1. The van der Waals surface area contributed by atoms with Crippen molar-refractivity contribution in [2.45, 2.75) is 25.5 Å². The molecule has 0 saturated carbocycles. The van der Waals surface area contributed by atoms with Gasteiger partial charge in [0.1, 0.15) is 0 Å². The van der Waals surface area contributed by atoms with Crippen molar-refractivity contribution in [2.24, 2.45) is 0 Å². The van der Waals surface area contributed by atoms with Gasteiger partial charge in [-0.3, -0.25) is 4.90 Å². The minimum Gasteiger partial charge on any atom is -0.393 e. The van der Waals surface area contributed by atoms with E-state index in [2.05, 4.69) is 47.4 Å². The van der Waals surface area contributed by atoms with Gasteiger partial charge in [-0.05, 0) is 30.5 Å². The van der Waals surface area contributed by atoms with Crippen LogP contribution in [0.25, 0.3) is 10.4 Å². The maximum atomic E-state index is 9.52. The van der Waals surface area contributed by atoms with Crippen LogP contribution in [-0.4, -0.2) is 29.2 Å². The van der Waals surface area contributed by atoms with E-state index in [1.807, 2.05) is 11.3 Å². The van der Waals surface area contributed by atoms with Crippen molar-refractivity contribution in [3.05, 3.63) is 47.3 Å². The van der Waals surface area contributed by atoms with Crippen molar-refractivity contribution >= 4 is 11.3 Å². The van der Waals surface area contributed by atoms with Gasteiger partial charge in [0, 0.05) is 29.4 Å². The lowest BCUT2D eigenvalue weighted by molar-refractivity contribution is 0.0797. The minimum atomic E-state index is -0.0838. The van der Waals surface area contributed by atoms with Gasteiger partial charge in [-0.25, -0.2) is 0 Å². The van der Waals surface area contributed by atoms with Crippen LogP contribution in [-0.2, 0) is 6.54 Å². The molecule has 1 aromatic heterocycles. The fourth-order valence-electron chi connectivity index (χ4n) is 2.52. The Morgan fingerprint density at radius 3 is 2.53 bits per heavy atom. The molecule has 3 rings (SSSR count). The molecular weight excluding hydrogens is 254 g/mol. The average molecular weight is 273 g/mol. The first-order valence-electron chi connectivity index (χ1n) is 6.86. The third kappa shape index (κ3) is 3.24. The van der Waals surface area contributed by atoms with E-state index < -0.39 is 0 Å². The summed E-state index contributed by atoms with van der Waals surface area (Å²) in [5, 5.41) is 9.52. The molecule has 1 N–H and O–H groups in total. The van der Waals surface area contributed by atoms with E-state index in [0.717, 1.165) is 32.5 Å². The molecule has 1 aromatic carbocycles. The molecule has 0 spiro atoms. The normalized spacial score (nSPS) is 17.7. The average Bonchev–Trinajstić information content (AvgIpc) is 2.91. The lowest BCUT2D eigenvalue weighted by Gasteiger charge is -2.28. The highest BCUT2D eigenvalue weighted by Crippen LogP contribution is 2.29.